The SMILES string of the molecule is CC/C=C\C/C=C\C/C=C\C/C=C\CCCCCCCCCCCCCCCCC(=O)NC(CO)C(O)/C=C/CCCC. The number of hydrogen-bond acceptors (Lipinski definition) is 3. The molecule has 0 bridgehead atoms. The van der Waals surface area contributed by atoms with Gasteiger partial charge in [-0.2, -0.15) is 0 Å². The van der Waals surface area contributed by atoms with Crippen molar-refractivity contribution in [1.29, 1.82) is 0 Å². The summed E-state index contributed by atoms with van der Waals surface area (Å²) in [4.78, 5) is 12.2. The molecule has 2 unspecified atom stereocenters. The fourth-order valence-electron chi connectivity index (χ4n) is 4.98. The molecule has 0 aromatic rings. The normalized spacial score (nSPS) is 13.9. The molecule has 0 aliphatic carbocycles. The van der Waals surface area contributed by atoms with Gasteiger partial charge in [0.2, 0.25) is 5.91 Å². The largest absolute Gasteiger partial charge is 0.394 e. The lowest BCUT2D eigenvalue weighted by Crippen LogP contribution is -2.45. The highest BCUT2D eigenvalue weighted by molar-refractivity contribution is 5.76. The lowest BCUT2D eigenvalue weighted by molar-refractivity contribution is -0.123. The third kappa shape index (κ3) is 31.3. The molecule has 4 heteroatoms. The van der Waals surface area contributed by atoms with Gasteiger partial charge in [-0.1, -0.05) is 164 Å². The lowest BCUT2D eigenvalue weighted by atomic mass is 10.0. The van der Waals surface area contributed by atoms with E-state index in [-0.39, 0.29) is 12.5 Å². The zero-order valence-electron chi connectivity index (χ0n) is 28.2. The predicted molar refractivity (Wildman–Crippen MR) is 188 cm³/mol. The van der Waals surface area contributed by atoms with Crippen molar-refractivity contribution in [1.82, 2.24) is 5.32 Å². The minimum absolute atomic E-state index is 0.0779. The van der Waals surface area contributed by atoms with E-state index in [0.29, 0.717) is 6.42 Å². The zero-order valence-corrected chi connectivity index (χ0v) is 28.2. The van der Waals surface area contributed by atoms with Gasteiger partial charge in [-0.05, 0) is 51.4 Å². The molecule has 0 aliphatic rings. The molecule has 0 saturated heterocycles. The first kappa shape index (κ1) is 41.1. The maximum atomic E-state index is 12.2. The number of allylic oxidation sites excluding steroid dienone is 9. The highest BCUT2D eigenvalue weighted by atomic mass is 16.3. The summed E-state index contributed by atoms with van der Waals surface area (Å²) in [7, 11) is 0. The van der Waals surface area contributed by atoms with Crippen molar-refractivity contribution in [3.8, 4) is 0 Å². The molecule has 0 aliphatic heterocycles. The van der Waals surface area contributed by atoms with E-state index < -0.39 is 12.1 Å². The van der Waals surface area contributed by atoms with E-state index >= 15 is 0 Å². The van der Waals surface area contributed by atoms with Gasteiger partial charge in [0.1, 0.15) is 0 Å². The van der Waals surface area contributed by atoms with Crippen molar-refractivity contribution in [3.63, 3.8) is 0 Å². The monoisotopic (exact) mass is 600 g/mol. The quantitative estimate of drug-likeness (QED) is 0.0548. The summed E-state index contributed by atoms with van der Waals surface area (Å²) in [6.45, 7) is 4.04. The van der Waals surface area contributed by atoms with Crippen LogP contribution in [0.25, 0.3) is 0 Å². The Balaban J connectivity index is 3.45. The van der Waals surface area contributed by atoms with Crippen LogP contribution in [-0.2, 0) is 4.79 Å². The predicted octanol–water partition coefficient (Wildman–Crippen LogP) is 10.6. The van der Waals surface area contributed by atoms with Crippen molar-refractivity contribution in [2.45, 2.75) is 174 Å². The maximum absolute atomic E-state index is 12.2. The first-order valence-electron chi connectivity index (χ1n) is 18.0. The van der Waals surface area contributed by atoms with Crippen LogP contribution in [0.3, 0.4) is 0 Å². The van der Waals surface area contributed by atoms with Crippen LogP contribution in [0.1, 0.15) is 162 Å². The number of carbonyl (C=O) groups is 1. The third-order valence-corrected chi connectivity index (χ3v) is 7.76. The molecule has 0 saturated carbocycles. The van der Waals surface area contributed by atoms with Crippen LogP contribution < -0.4 is 5.32 Å². The first-order valence-corrected chi connectivity index (χ1v) is 18.0. The second-order valence-electron chi connectivity index (χ2n) is 11.9. The second kappa shape index (κ2) is 34.6. The molecule has 4 nitrogen and oxygen atoms in total. The molecule has 3 N–H and O–H groups in total. The molecule has 1 amide bonds. The molecule has 0 aromatic heterocycles. The first-order chi connectivity index (χ1) is 21.2. The van der Waals surface area contributed by atoms with Crippen LogP contribution in [0, 0.1) is 0 Å². The van der Waals surface area contributed by atoms with E-state index in [2.05, 4.69) is 67.8 Å². The Labute approximate surface area is 266 Å². The van der Waals surface area contributed by atoms with Gasteiger partial charge in [0.15, 0.2) is 0 Å². The molecule has 0 fully saturated rings. The van der Waals surface area contributed by atoms with Gasteiger partial charge in [-0.25, -0.2) is 0 Å². The molecule has 0 spiro atoms. The van der Waals surface area contributed by atoms with Crippen molar-refractivity contribution in [3.05, 3.63) is 60.8 Å². The number of amides is 1. The van der Waals surface area contributed by atoms with Crippen molar-refractivity contribution >= 4 is 5.91 Å². The molecule has 0 radical (unpaired) electrons. The van der Waals surface area contributed by atoms with Gasteiger partial charge in [0, 0.05) is 6.42 Å². The molecular weight excluding hydrogens is 530 g/mol. The van der Waals surface area contributed by atoms with Crippen LogP contribution >= 0.6 is 0 Å². The third-order valence-electron chi connectivity index (χ3n) is 7.76. The van der Waals surface area contributed by atoms with Crippen LogP contribution in [-0.4, -0.2) is 34.9 Å². The van der Waals surface area contributed by atoms with E-state index in [0.717, 1.165) is 57.8 Å². The Bertz CT molecular complexity index is 737. The number of hydrogen-bond donors (Lipinski definition) is 3. The summed E-state index contributed by atoms with van der Waals surface area (Å²) in [5, 5.41) is 22.5. The molecule has 43 heavy (non-hydrogen) atoms. The summed E-state index contributed by atoms with van der Waals surface area (Å²) >= 11 is 0. The highest BCUT2D eigenvalue weighted by Crippen LogP contribution is 2.14. The van der Waals surface area contributed by atoms with E-state index in [1.54, 1.807) is 6.08 Å². The summed E-state index contributed by atoms with van der Waals surface area (Å²) in [6.07, 6.45) is 47.9. The maximum Gasteiger partial charge on any atom is 0.220 e. The van der Waals surface area contributed by atoms with Gasteiger partial charge in [-0.3, -0.25) is 4.79 Å². The molecule has 2 atom stereocenters. The van der Waals surface area contributed by atoms with E-state index in [9.17, 15) is 15.0 Å². The van der Waals surface area contributed by atoms with Crippen molar-refractivity contribution < 1.29 is 15.0 Å². The van der Waals surface area contributed by atoms with Crippen molar-refractivity contribution in [2.24, 2.45) is 0 Å². The van der Waals surface area contributed by atoms with Gasteiger partial charge in [-0.15, -0.1) is 0 Å². The summed E-state index contributed by atoms with van der Waals surface area (Å²) in [6, 6.07) is -0.619. The van der Waals surface area contributed by atoms with Crippen LogP contribution in [0.4, 0.5) is 0 Å². The molecule has 248 valence electrons. The van der Waals surface area contributed by atoms with Gasteiger partial charge in [0.25, 0.3) is 0 Å². The second-order valence-corrected chi connectivity index (χ2v) is 11.9. The Morgan fingerprint density at radius 2 is 1.02 bits per heavy atom. The van der Waals surface area contributed by atoms with Gasteiger partial charge in [0.05, 0.1) is 18.8 Å². The number of nitrogens with one attached hydrogen (secondary N) is 1. The topological polar surface area (TPSA) is 69.6 Å². The number of rotatable bonds is 31. The Morgan fingerprint density at radius 1 is 0.581 bits per heavy atom. The van der Waals surface area contributed by atoms with Crippen LogP contribution in [0.2, 0.25) is 0 Å². The van der Waals surface area contributed by atoms with Crippen LogP contribution in [0.15, 0.2) is 60.8 Å². The number of unbranched alkanes of at least 4 members (excludes halogenated alkanes) is 16. The highest BCUT2D eigenvalue weighted by Gasteiger charge is 2.17. The van der Waals surface area contributed by atoms with Gasteiger partial charge >= 0.3 is 0 Å². The van der Waals surface area contributed by atoms with E-state index in [1.807, 2.05) is 6.08 Å². The van der Waals surface area contributed by atoms with Crippen LogP contribution in [0.5, 0.6) is 0 Å². The lowest BCUT2D eigenvalue weighted by Gasteiger charge is -2.19. The minimum atomic E-state index is -0.835. The Kier molecular flexibility index (Phi) is 33.0. The van der Waals surface area contributed by atoms with Crippen molar-refractivity contribution in [2.75, 3.05) is 6.61 Å². The molecule has 0 heterocycles. The molecule has 0 rings (SSSR count). The smallest absolute Gasteiger partial charge is 0.220 e. The fraction of sp³-hybridized carbons (Fsp3) is 0.718. The molecular formula is C39H69NO3. The minimum Gasteiger partial charge on any atom is -0.394 e. The summed E-state index contributed by atoms with van der Waals surface area (Å²) in [5.74, 6) is -0.0779. The van der Waals surface area contributed by atoms with E-state index in [1.165, 1.54) is 83.5 Å². The Hall–Kier alpha value is -1.91. The molecule has 0 aromatic carbocycles. The number of aliphatic hydroxyl groups is 2. The average molecular weight is 600 g/mol. The summed E-state index contributed by atoms with van der Waals surface area (Å²) in [5.41, 5.74) is 0. The summed E-state index contributed by atoms with van der Waals surface area (Å²) < 4.78 is 0. The van der Waals surface area contributed by atoms with Gasteiger partial charge < -0.3 is 15.5 Å². The average Bonchev–Trinajstić information content (AvgIpc) is 3.01. The zero-order chi connectivity index (χ0) is 31.5. The van der Waals surface area contributed by atoms with E-state index in [4.69, 9.17) is 0 Å². The standard InChI is InChI=1S/C39H69NO3/c1-3-5-7-9-10-11-12-13-14-15-16-17-18-19-20-21-22-23-24-25-26-27-28-29-30-31-33-35-39(43)40-37(36-41)38(42)34-32-8-6-4-2/h5,7,10-11,13-14,16-17,32,34,37-38,41-42H,3-4,6,8-9,12,15,18-31,33,35-36H2,1-2H3,(H,40,43)/b7-5-,11-10-,14-13-,17-16-,34-32+. The Morgan fingerprint density at radius 3 is 1.51 bits per heavy atom. The number of aliphatic hydroxyl groups excluding tert-OH is 2. The fourth-order valence-corrected chi connectivity index (χ4v) is 4.98. The number of carbonyl (C=O) groups excluding carboxylic acids is 1.